The molecule has 1 amide bonds. The largest absolute Gasteiger partial charge is 0.490 e. The van der Waals surface area contributed by atoms with Gasteiger partial charge in [-0.2, -0.15) is 0 Å². The van der Waals surface area contributed by atoms with Gasteiger partial charge in [0.2, 0.25) is 0 Å². The average molecular weight is 384 g/mol. The Hall–Kier alpha value is -3.09. The third-order valence-electron chi connectivity index (χ3n) is 4.94. The van der Waals surface area contributed by atoms with E-state index in [1.165, 1.54) is 0 Å². The number of carboxylic acids is 1. The lowest BCUT2D eigenvalue weighted by Gasteiger charge is -2.24. The summed E-state index contributed by atoms with van der Waals surface area (Å²) in [6.45, 7) is 4.84. The van der Waals surface area contributed by atoms with Gasteiger partial charge in [-0.15, -0.1) is 0 Å². The van der Waals surface area contributed by atoms with Crippen molar-refractivity contribution in [3.8, 4) is 11.5 Å². The van der Waals surface area contributed by atoms with Crippen molar-refractivity contribution in [2.24, 2.45) is 5.92 Å². The minimum absolute atomic E-state index is 0.198. The monoisotopic (exact) mass is 384 g/mol. The second kappa shape index (κ2) is 8.73. The van der Waals surface area contributed by atoms with Gasteiger partial charge in [-0.3, -0.25) is 14.6 Å². The first-order chi connectivity index (χ1) is 13.5. The lowest BCUT2D eigenvalue weighted by atomic mass is 10.0. The van der Waals surface area contributed by atoms with E-state index in [0.29, 0.717) is 43.2 Å². The molecule has 3 rings (SSSR count). The van der Waals surface area contributed by atoms with E-state index < -0.39 is 11.9 Å². The Morgan fingerprint density at radius 3 is 2.71 bits per heavy atom. The van der Waals surface area contributed by atoms with Crippen molar-refractivity contribution in [1.29, 1.82) is 0 Å². The number of nitrogens with zero attached hydrogens (tertiary/aromatic N) is 2. The third kappa shape index (κ3) is 4.24. The van der Waals surface area contributed by atoms with Gasteiger partial charge in [0, 0.05) is 36.1 Å². The third-order valence-corrected chi connectivity index (χ3v) is 4.94. The van der Waals surface area contributed by atoms with E-state index >= 15 is 0 Å². The van der Waals surface area contributed by atoms with Gasteiger partial charge in [-0.1, -0.05) is 6.07 Å². The van der Waals surface area contributed by atoms with E-state index in [1.54, 1.807) is 42.4 Å². The Labute approximate surface area is 163 Å². The topological polar surface area (TPSA) is 89.0 Å². The summed E-state index contributed by atoms with van der Waals surface area (Å²) in [4.78, 5) is 29.9. The number of aromatic nitrogens is 1. The Bertz CT molecular complexity index is 840. The molecule has 7 heteroatoms. The van der Waals surface area contributed by atoms with Crippen LogP contribution in [0.1, 0.15) is 36.2 Å². The number of rotatable bonds is 7. The van der Waals surface area contributed by atoms with Crippen LogP contribution in [0.5, 0.6) is 11.5 Å². The van der Waals surface area contributed by atoms with Crippen LogP contribution in [0.25, 0.3) is 0 Å². The van der Waals surface area contributed by atoms with Crippen molar-refractivity contribution in [3.63, 3.8) is 0 Å². The highest BCUT2D eigenvalue weighted by Crippen LogP contribution is 2.32. The number of carboxylic acid groups (broad SMARTS) is 1. The summed E-state index contributed by atoms with van der Waals surface area (Å²) in [7, 11) is 0. The van der Waals surface area contributed by atoms with Crippen molar-refractivity contribution in [1.82, 2.24) is 9.88 Å². The van der Waals surface area contributed by atoms with Crippen molar-refractivity contribution in [3.05, 3.63) is 53.9 Å². The number of hydrogen-bond acceptors (Lipinski definition) is 5. The second-order valence-corrected chi connectivity index (χ2v) is 6.72. The highest BCUT2D eigenvalue weighted by molar-refractivity contribution is 5.95. The maximum absolute atomic E-state index is 12.9. The predicted molar refractivity (Wildman–Crippen MR) is 102 cm³/mol. The van der Waals surface area contributed by atoms with Crippen LogP contribution >= 0.6 is 0 Å². The molecule has 0 saturated carbocycles. The van der Waals surface area contributed by atoms with E-state index in [-0.39, 0.29) is 11.9 Å². The fourth-order valence-electron chi connectivity index (χ4n) is 3.40. The number of amides is 1. The highest BCUT2D eigenvalue weighted by Gasteiger charge is 2.38. The van der Waals surface area contributed by atoms with Gasteiger partial charge in [-0.25, -0.2) is 0 Å². The molecule has 2 unspecified atom stereocenters. The molecule has 148 valence electrons. The molecular weight excluding hydrogens is 360 g/mol. The number of hydrogen-bond donors (Lipinski definition) is 1. The molecule has 2 heterocycles. The molecule has 0 radical (unpaired) electrons. The number of ether oxygens (including phenoxy) is 2. The Morgan fingerprint density at radius 2 is 2.07 bits per heavy atom. The van der Waals surface area contributed by atoms with E-state index in [1.807, 2.05) is 19.1 Å². The van der Waals surface area contributed by atoms with Crippen LogP contribution in [0.3, 0.4) is 0 Å². The van der Waals surface area contributed by atoms with E-state index in [0.717, 1.165) is 5.56 Å². The van der Waals surface area contributed by atoms with Crippen molar-refractivity contribution < 1.29 is 24.2 Å². The normalized spacial score (nSPS) is 18.7. The van der Waals surface area contributed by atoms with Crippen LogP contribution in [-0.4, -0.2) is 46.1 Å². The molecule has 7 nitrogen and oxygen atoms in total. The van der Waals surface area contributed by atoms with Crippen LogP contribution in [0.4, 0.5) is 0 Å². The molecule has 1 aromatic carbocycles. The van der Waals surface area contributed by atoms with Crippen molar-refractivity contribution >= 4 is 11.9 Å². The first-order valence-electron chi connectivity index (χ1n) is 9.33. The summed E-state index contributed by atoms with van der Waals surface area (Å²) in [5, 5.41) is 9.28. The van der Waals surface area contributed by atoms with Gasteiger partial charge in [0.1, 0.15) is 6.61 Å². The van der Waals surface area contributed by atoms with E-state index in [2.05, 4.69) is 4.98 Å². The summed E-state index contributed by atoms with van der Waals surface area (Å²) in [6, 6.07) is 8.46. The quantitative estimate of drug-likeness (QED) is 0.789. The van der Waals surface area contributed by atoms with Crippen LogP contribution in [-0.2, 0) is 11.4 Å². The number of aliphatic carboxylic acids is 1. The summed E-state index contributed by atoms with van der Waals surface area (Å²) >= 11 is 0. The van der Waals surface area contributed by atoms with Gasteiger partial charge >= 0.3 is 5.97 Å². The average Bonchev–Trinajstić information content (AvgIpc) is 3.09. The molecule has 1 N–H and O–H groups in total. The molecule has 1 fully saturated rings. The Morgan fingerprint density at radius 1 is 1.25 bits per heavy atom. The molecule has 2 aromatic rings. The van der Waals surface area contributed by atoms with Crippen LogP contribution in [0.15, 0.2) is 42.7 Å². The number of carbonyl (C=O) groups excluding carboxylic acids is 1. The van der Waals surface area contributed by atoms with Gasteiger partial charge in [0.15, 0.2) is 11.5 Å². The number of benzene rings is 1. The van der Waals surface area contributed by atoms with E-state index in [9.17, 15) is 14.7 Å². The molecule has 0 spiro atoms. The minimum atomic E-state index is -0.864. The maximum Gasteiger partial charge on any atom is 0.308 e. The van der Waals surface area contributed by atoms with Gasteiger partial charge in [0.05, 0.1) is 12.5 Å². The fourth-order valence-corrected chi connectivity index (χ4v) is 3.40. The van der Waals surface area contributed by atoms with Gasteiger partial charge < -0.3 is 19.5 Å². The number of likely N-dealkylation sites (tertiary alicyclic amines) is 1. The zero-order chi connectivity index (χ0) is 20.1. The molecule has 0 aliphatic carbocycles. The zero-order valence-corrected chi connectivity index (χ0v) is 16.0. The molecule has 1 aliphatic heterocycles. The van der Waals surface area contributed by atoms with Crippen LogP contribution in [0, 0.1) is 5.92 Å². The van der Waals surface area contributed by atoms with Gasteiger partial charge in [-0.05, 0) is 44.5 Å². The summed E-state index contributed by atoms with van der Waals surface area (Å²) < 4.78 is 11.5. The fraction of sp³-hybridized carbons (Fsp3) is 0.381. The smallest absolute Gasteiger partial charge is 0.308 e. The maximum atomic E-state index is 12.9. The predicted octanol–water partition coefficient (Wildman–Crippen LogP) is 2.99. The van der Waals surface area contributed by atoms with Crippen molar-refractivity contribution in [2.75, 3.05) is 13.2 Å². The number of carbonyl (C=O) groups is 2. The van der Waals surface area contributed by atoms with Gasteiger partial charge in [0.25, 0.3) is 5.91 Å². The van der Waals surface area contributed by atoms with Crippen LogP contribution < -0.4 is 9.47 Å². The molecule has 0 bridgehead atoms. The summed E-state index contributed by atoms with van der Waals surface area (Å²) in [6.07, 6.45) is 3.89. The first-order valence-corrected chi connectivity index (χ1v) is 9.33. The zero-order valence-electron chi connectivity index (χ0n) is 16.0. The summed E-state index contributed by atoms with van der Waals surface area (Å²) in [5.41, 5.74) is 1.38. The molecule has 1 saturated heterocycles. The summed E-state index contributed by atoms with van der Waals surface area (Å²) in [5.74, 6) is -0.565. The minimum Gasteiger partial charge on any atom is -0.490 e. The molecule has 1 aromatic heterocycles. The van der Waals surface area contributed by atoms with E-state index in [4.69, 9.17) is 9.47 Å². The highest BCUT2D eigenvalue weighted by atomic mass is 16.5. The lowest BCUT2D eigenvalue weighted by molar-refractivity contribution is -0.142. The molecule has 2 atom stereocenters. The lowest BCUT2D eigenvalue weighted by Crippen LogP contribution is -2.37. The standard InChI is InChI=1S/C21H24N2O5/c1-3-27-19-11-16(20(24)23-10-8-17(14(23)2)21(25)26)6-7-18(19)28-13-15-5-4-9-22-12-15/h4-7,9,11-12,14,17H,3,8,10,13H2,1-2H3,(H,25,26). The second-order valence-electron chi connectivity index (χ2n) is 6.72. The van der Waals surface area contributed by atoms with Crippen molar-refractivity contribution in [2.45, 2.75) is 32.9 Å². The first kappa shape index (κ1) is 19.7. The SMILES string of the molecule is CCOc1cc(C(=O)N2CCC(C(=O)O)C2C)ccc1OCc1cccnc1. The molecular formula is C21H24N2O5. The Balaban J connectivity index is 1.76. The van der Waals surface area contributed by atoms with Crippen LogP contribution in [0.2, 0.25) is 0 Å². The Kier molecular flexibility index (Phi) is 6.13. The number of pyridine rings is 1. The molecule has 28 heavy (non-hydrogen) atoms. The molecule has 1 aliphatic rings.